The van der Waals surface area contributed by atoms with Crippen LogP contribution in [-0.2, 0) is 9.59 Å². The molecular formula is C15H28N2O3. The van der Waals surface area contributed by atoms with Crippen LogP contribution in [0.4, 0.5) is 0 Å². The molecule has 0 aliphatic heterocycles. The van der Waals surface area contributed by atoms with E-state index in [1.165, 1.54) is 0 Å². The van der Waals surface area contributed by atoms with Crippen molar-refractivity contribution in [2.45, 2.75) is 70.9 Å². The first kappa shape index (κ1) is 17.0. The van der Waals surface area contributed by atoms with Gasteiger partial charge in [0.05, 0.1) is 5.92 Å². The molecule has 1 aliphatic rings. The van der Waals surface area contributed by atoms with Gasteiger partial charge in [-0.05, 0) is 25.8 Å². The van der Waals surface area contributed by atoms with Crippen molar-refractivity contribution >= 4 is 11.9 Å². The highest BCUT2D eigenvalue weighted by molar-refractivity contribution is 5.78. The molecule has 1 rings (SSSR count). The molecule has 1 fully saturated rings. The highest BCUT2D eigenvalue weighted by atomic mass is 16.4. The van der Waals surface area contributed by atoms with Crippen molar-refractivity contribution in [3.8, 4) is 0 Å². The molecule has 0 spiro atoms. The Morgan fingerprint density at radius 1 is 1.20 bits per heavy atom. The number of hydrogen-bond acceptors (Lipinski definition) is 3. The van der Waals surface area contributed by atoms with E-state index in [4.69, 9.17) is 0 Å². The lowest BCUT2D eigenvalue weighted by Gasteiger charge is -2.23. The Kier molecular flexibility index (Phi) is 7.59. The number of aliphatic carboxylic acids is 1. The quantitative estimate of drug-likeness (QED) is 0.493. The molecule has 3 N–H and O–H groups in total. The summed E-state index contributed by atoms with van der Waals surface area (Å²) in [5, 5.41) is 15.5. The zero-order chi connectivity index (χ0) is 15.0. The van der Waals surface area contributed by atoms with Gasteiger partial charge < -0.3 is 15.7 Å². The molecule has 0 aromatic heterocycles. The minimum Gasteiger partial charge on any atom is -0.481 e. The molecule has 2 atom stereocenters. The summed E-state index contributed by atoms with van der Waals surface area (Å²) >= 11 is 0. The van der Waals surface area contributed by atoms with E-state index < -0.39 is 11.9 Å². The van der Waals surface area contributed by atoms with E-state index >= 15 is 0 Å². The van der Waals surface area contributed by atoms with Crippen molar-refractivity contribution in [3.63, 3.8) is 0 Å². The van der Waals surface area contributed by atoms with E-state index in [0.717, 1.165) is 38.6 Å². The molecule has 2 unspecified atom stereocenters. The predicted octanol–water partition coefficient (Wildman–Crippen LogP) is 1.91. The molecule has 5 heteroatoms. The Hall–Kier alpha value is -1.10. The lowest BCUT2D eigenvalue weighted by molar-refractivity contribution is -0.143. The molecule has 1 amide bonds. The van der Waals surface area contributed by atoms with E-state index in [2.05, 4.69) is 24.5 Å². The van der Waals surface area contributed by atoms with Crippen LogP contribution in [0, 0.1) is 5.92 Å². The first-order chi connectivity index (χ1) is 9.50. The van der Waals surface area contributed by atoms with Gasteiger partial charge in [-0.25, -0.2) is 0 Å². The summed E-state index contributed by atoms with van der Waals surface area (Å²) in [4.78, 5) is 23.2. The van der Waals surface area contributed by atoms with E-state index in [-0.39, 0.29) is 11.9 Å². The van der Waals surface area contributed by atoms with Gasteiger partial charge in [0.25, 0.3) is 0 Å². The van der Waals surface area contributed by atoms with Crippen molar-refractivity contribution in [1.82, 2.24) is 10.6 Å². The monoisotopic (exact) mass is 284 g/mol. The zero-order valence-electron chi connectivity index (χ0n) is 12.7. The SMILES string of the molecule is CC(C)NCCCC(=O)NC1CCCCCC1C(=O)O. The Morgan fingerprint density at radius 2 is 1.90 bits per heavy atom. The third kappa shape index (κ3) is 6.37. The fourth-order valence-corrected chi connectivity index (χ4v) is 2.69. The number of hydrogen-bond donors (Lipinski definition) is 3. The molecule has 0 heterocycles. The third-order valence-electron chi connectivity index (χ3n) is 3.81. The molecule has 0 aromatic carbocycles. The molecule has 0 bridgehead atoms. The first-order valence-corrected chi connectivity index (χ1v) is 7.76. The normalized spacial score (nSPS) is 23.4. The second kappa shape index (κ2) is 8.95. The van der Waals surface area contributed by atoms with Crippen LogP contribution in [0.5, 0.6) is 0 Å². The second-order valence-corrected chi connectivity index (χ2v) is 5.97. The van der Waals surface area contributed by atoms with Crippen LogP contribution in [0.2, 0.25) is 0 Å². The second-order valence-electron chi connectivity index (χ2n) is 5.97. The van der Waals surface area contributed by atoms with Crippen LogP contribution in [0.3, 0.4) is 0 Å². The number of carbonyl (C=O) groups excluding carboxylic acids is 1. The largest absolute Gasteiger partial charge is 0.481 e. The fraction of sp³-hybridized carbons (Fsp3) is 0.867. The van der Waals surface area contributed by atoms with Crippen LogP contribution in [0.25, 0.3) is 0 Å². The van der Waals surface area contributed by atoms with Gasteiger partial charge in [0.15, 0.2) is 0 Å². The minimum atomic E-state index is -0.779. The van der Waals surface area contributed by atoms with Crippen LogP contribution >= 0.6 is 0 Å². The smallest absolute Gasteiger partial charge is 0.308 e. The highest BCUT2D eigenvalue weighted by Gasteiger charge is 2.30. The number of carboxylic acid groups (broad SMARTS) is 1. The molecule has 116 valence electrons. The number of nitrogens with one attached hydrogen (secondary N) is 2. The molecule has 1 saturated carbocycles. The van der Waals surface area contributed by atoms with Gasteiger partial charge in [0.1, 0.15) is 0 Å². The predicted molar refractivity (Wildman–Crippen MR) is 78.5 cm³/mol. The Labute approximate surface area is 121 Å². The number of amides is 1. The fourth-order valence-electron chi connectivity index (χ4n) is 2.69. The number of rotatable bonds is 7. The molecule has 1 aliphatic carbocycles. The maximum Gasteiger partial charge on any atom is 0.308 e. The van der Waals surface area contributed by atoms with E-state index in [1.54, 1.807) is 0 Å². The van der Waals surface area contributed by atoms with Gasteiger partial charge in [-0.2, -0.15) is 0 Å². The number of carbonyl (C=O) groups is 2. The van der Waals surface area contributed by atoms with Crippen LogP contribution in [0.1, 0.15) is 58.8 Å². The summed E-state index contributed by atoms with van der Waals surface area (Å²) in [5.74, 6) is -1.22. The molecule has 5 nitrogen and oxygen atoms in total. The van der Waals surface area contributed by atoms with Crippen molar-refractivity contribution in [1.29, 1.82) is 0 Å². The van der Waals surface area contributed by atoms with Crippen molar-refractivity contribution in [2.24, 2.45) is 5.92 Å². The van der Waals surface area contributed by atoms with Crippen LogP contribution < -0.4 is 10.6 Å². The number of carboxylic acids is 1. The van der Waals surface area contributed by atoms with E-state index in [0.29, 0.717) is 18.9 Å². The average Bonchev–Trinajstić information content (AvgIpc) is 2.60. The van der Waals surface area contributed by atoms with Gasteiger partial charge in [0.2, 0.25) is 5.91 Å². The summed E-state index contributed by atoms with van der Waals surface area (Å²) in [6, 6.07) is 0.233. The maximum atomic E-state index is 11.9. The molecule has 20 heavy (non-hydrogen) atoms. The van der Waals surface area contributed by atoms with Crippen LogP contribution in [0.15, 0.2) is 0 Å². The summed E-state index contributed by atoms with van der Waals surface area (Å²) in [5.41, 5.74) is 0. The zero-order valence-corrected chi connectivity index (χ0v) is 12.7. The Bertz CT molecular complexity index is 318. The third-order valence-corrected chi connectivity index (χ3v) is 3.81. The topological polar surface area (TPSA) is 78.4 Å². The van der Waals surface area contributed by atoms with Gasteiger partial charge in [-0.3, -0.25) is 9.59 Å². The van der Waals surface area contributed by atoms with E-state index in [1.807, 2.05) is 0 Å². The first-order valence-electron chi connectivity index (χ1n) is 7.76. The summed E-state index contributed by atoms with van der Waals surface area (Å²) in [6.45, 7) is 4.96. The Morgan fingerprint density at radius 3 is 2.55 bits per heavy atom. The van der Waals surface area contributed by atoms with Crippen molar-refractivity contribution in [2.75, 3.05) is 6.54 Å². The Balaban J connectivity index is 2.35. The lowest BCUT2D eigenvalue weighted by Crippen LogP contribution is -2.43. The van der Waals surface area contributed by atoms with Crippen molar-refractivity contribution < 1.29 is 14.7 Å². The highest BCUT2D eigenvalue weighted by Crippen LogP contribution is 2.23. The van der Waals surface area contributed by atoms with Crippen molar-refractivity contribution in [3.05, 3.63) is 0 Å². The molecular weight excluding hydrogens is 256 g/mol. The average molecular weight is 284 g/mol. The molecule has 0 aromatic rings. The molecule has 0 saturated heterocycles. The lowest BCUT2D eigenvalue weighted by atomic mass is 9.94. The summed E-state index contributed by atoms with van der Waals surface area (Å²) in [7, 11) is 0. The van der Waals surface area contributed by atoms with Gasteiger partial charge in [0, 0.05) is 18.5 Å². The van der Waals surface area contributed by atoms with Gasteiger partial charge in [-0.15, -0.1) is 0 Å². The standard InChI is InChI=1S/C15H28N2O3/c1-11(2)16-10-6-9-14(18)17-13-8-5-3-4-7-12(13)15(19)20/h11-13,16H,3-10H2,1-2H3,(H,17,18)(H,19,20). The minimum absolute atomic E-state index is 0.0197. The van der Waals surface area contributed by atoms with E-state index in [9.17, 15) is 14.7 Å². The maximum absolute atomic E-state index is 11.9. The molecule has 0 radical (unpaired) electrons. The van der Waals surface area contributed by atoms with Crippen LogP contribution in [-0.4, -0.2) is 35.6 Å². The van der Waals surface area contributed by atoms with Gasteiger partial charge >= 0.3 is 5.97 Å². The summed E-state index contributed by atoms with van der Waals surface area (Å²) in [6.07, 6.45) is 5.72. The van der Waals surface area contributed by atoms with Gasteiger partial charge in [-0.1, -0.05) is 33.1 Å². The summed E-state index contributed by atoms with van der Waals surface area (Å²) < 4.78 is 0.